The summed E-state index contributed by atoms with van der Waals surface area (Å²) in [5, 5.41) is 0. The van der Waals surface area contributed by atoms with Gasteiger partial charge >= 0.3 is 6.01 Å². The van der Waals surface area contributed by atoms with E-state index in [1.807, 2.05) is 12.1 Å². The molecule has 2 aliphatic rings. The van der Waals surface area contributed by atoms with E-state index in [4.69, 9.17) is 9.47 Å². The van der Waals surface area contributed by atoms with Crippen molar-refractivity contribution in [3.8, 4) is 6.01 Å². The van der Waals surface area contributed by atoms with Crippen molar-refractivity contribution in [1.82, 2.24) is 15.0 Å². The molecule has 1 aromatic carbocycles. The van der Waals surface area contributed by atoms with Crippen LogP contribution in [0.15, 0.2) is 24.3 Å². The van der Waals surface area contributed by atoms with Gasteiger partial charge < -0.3 is 24.2 Å². The second kappa shape index (κ2) is 7.91. The quantitative estimate of drug-likeness (QED) is 0.791. The molecule has 2 aromatic rings. The predicted molar refractivity (Wildman–Crippen MR) is 100 cm³/mol. The van der Waals surface area contributed by atoms with E-state index in [0.717, 1.165) is 45.0 Å². The number of halogens is 1. The van der Waals surface area contributed by atoms with Crippen LogP contribution in [0.1, 0.15) is 0 Å². The standard InChI is InChI=1S/C18H23FN6O2/c1-26-18-21-16(20-17(22-18)25-10-12-27-13-11-25)24-8-6-23(7-9-24)15-4-2-14(19)3-5-15/h2-5H,6-13H2,1H3. The zero-order valence-electron chi connectivity index (χ0n) is 15.3. The average molecular weight is 374 g/mol. The third kappa shape index (κ3) is 4.02. The molecule has 3 heterocycles. The van der Waals surface area contributed by atoms with Crippen LogP contribution in [-0.4, -0.2) is 74.5 Å². The van der Waals surface area contributed by atoms with Crippen LogP contribution in [0.25, 0.3) is 0 Å². The molecule has 4 rings (SSSR count). The highest BCUT2D eigenvalue weighted by molar-refractivity contribution is 5.49. The van der Waals surface area contributed by atoms with Gasteiger partial charge in [-0.1, -0.05) is 0 Å². The molecule has 0 saturated carbocycles. The Morgan fingerprint density at radius 3 is 1.96 bits per heavy atom. The summed E-state index contributed by atoms with van der Waals surface area (Å²) < 4.78 is 23.8. The number of anilines is 3. The first-order chi connectivity index (χ1) is 13.2. The van der Waals surface area contributed by atoms with Gasteiger partial charge in [0.1, 0.15) is 5.82 Å². The molecule has 2 saturated heterocycles. The van der Waals surface area contributed by atoms with Gasteiger partial charge in [0.05, 0.1) is 20.3 Å². The fourth-order valence-corrected chi connectivity index (χ4v) is 3.29. The smallest absolute Gasteiger partial charge is 0.322 e. The first kappa shape index (κ1) is 17.7. The molecule has 0 atom stereocenters. The summed E-state index contributed by atoms with van der Waals surface area (Å²) in [6, 6.07) is 6.93. The summed E-state index contributed by atoms with van der Waals surface area (Å²) >= 11 is 0. The Morgan fingerprint density at radius 2 is 1.37 bits per heavy atom. The van der Waals surface area contributed by atoms with Crippen LogP contribution in [0.5, 0.6) is 6.01 Å². The lowest BCUT2D eigenvalue weighted by molar-refractivity contribution is 0.122. The monoisotopic (exact) mass is 374 g/mol. The van der Waals surface area contributed by atoms with Crippen molar-refractivity contribution in [2.75, 3.05) is 74.3 Å². The van der Waals surface area contributed by atoms with Crippen molar-refractivity contribution in [2.45, 2.75) is 0 Å². The summed E-state index contributed by atoms with van der Waals surface area (Å²) in [4.78, 5) is 19.9. The Bertz CT molecular complexity index is 761. The number of ether oxygens (including phenoxy) is 2. The van der Waals surface area contributed by atoms with Crippen LogP contribution in [0.3, 0.4) is 0 Å². The minimum absolute atomic E-state index is 0.217. The Balaban J connectivity index is 1.47. The molecule has 144 valence electrons. The van der Waals surface area contributed by atoms with E-state index in [2.05, 4.69) is 29.7 Å². The third-order valence-electron chi connectivity index (χ3n) is 4.82. The van der Waals surface area contributed by atoms with Gasteiger partial charge in [-0.3, -0.25) is 0 Å². The molecule has 2 aliphatic heterocycles. The van der Waals surface area contributed by atoms with Gasteiger partial charge in [0.2, 0.25) is 11.9 Å². The Hall–Kier alpha value is -2.68. The summed E-state index contributed by atoms with van der Waals surface area (Å²) in [5.41, 5.74) is 1.03. The number of methoxy groups -OCH3 is 1. The highest BCUT2D eigenvalue weighted by Gasteiger charge is 2.23. The number of hydrogen-bond acceptors (Lipinski definition) is 8. The van der Waals surface area contributed by atoms with Crippen molar-refractivity contribution in [1.29, 1.82) is 0 Å². The van der Waals surface area contributed by atoms with Crippen LogP contribution in [0.4, 0.5) is 22.0 Å². The van der Waals surface area contributed by atoms with Crippen molar-refractivity contribution >= 4 is 17.6 Å². The maximum absolute atomic E-state index is 13.1. The number of morpholine rings is 1. The molecule has 9 heteroatoms. The Kier molecular flexibility index (Phi) is 5.19. The van der Waals surface area contributed by atoms with E-state index in [9.17, 15) is 4.39 Å². The molecular formula is C18H23FN6O2. The molecule has 8 nitrogen and oxygen atoms in total. The molecule has 1 aromatic heterocycles. The van der Waals surface area contributed by atoms with E-state index in [1.165, 1.54) is 12.1 Å². The van der Waals surface area contributed by atoms with Crippen LogP contribution in [0.2, 0.25) is 0 Å². The molecule has 0 amide bonds. The number of piperazine rings is 1. The molecular weight excluding hydrogens is 351 g/mol. The molecule has 0 radical (unpaired) electrons. The first-order valence-corrected chi connectivity index (χ1v) is 9.11. The van der Waals surface area contributed by atoms with Gasteiger partial charge in [0, 0.05) is 45.0 Å². The summed E-state index contributed by atoms with van der Waals surface area (Å²) in [7, 11) is 1.56. The zero-order chi connectivity index (χ0) is 18.6. The van der Waals surface area contributed by atoms with Gasteiger partial charge in [0.15, 0.2) is 0 Å². The van der Waals surface area contributed by atoms with Crippen LogP contribution < -0.4 is 19.4 Å². The molecule has 0 spiro atoms. The average Bonchev–Trinajstić information content (AvgIpc) is 2.75. The lowest BCUT2D eigenvalue weighted by Crippen LogP contribution is -2.47. The summed E-state index contributed by atoms with van der Waals surface area (Å²) in [5.74, 6) is 1.04. The maximum atomic E-state index is 13.1. The van der Waals surface area contributed by atoms with E-state index in [1.54, 1.807) is 7.11 Å². The normalized spacial score (nSPS) is 17.9. The van der Waals surface area contributed by atoms with Crippen molar-refractivity contribution in [2.24, 2.45) is 0 Å². The van der Waals surface area contributed by atoms with Gasteiger partial charge in [-0.25, -0.2) is 4.39 Å². The van der Waals surface area contributed by atoms with Gasteiger partial charge in [-0.15, -0.1) is 0 Å². The predicted octanol–water partition coefficient (Wildman–Crippen LogP) is 1.18. The molecule has 27 heavy (non-hydrogen) atoms. The number of hydrogen-bond donors (Lipinski definition) is 0. The first-order valence-electron chi connectivity index (χ1n) is 9.11. The van der Waals surface area contributed by atoms with Gasteiger partial charge in [0.25, 0.3) is 0 Å². The Labute approximate surface area is 157 Å². The maximum Gasteiger partial charge on any atom is 0.322 e. The zero-order valence-corrected chi connectivity index (χ0v) is 15.3. The molecule has 2 fully saturated rings. The minimum Gasteiger partial charge on any atom is -0.467 e. The number of rotatable bonds is 4. The largest absolute Gasteiger partial charge is 0.467 e. The van der Waals surface area contributed by atoms with E-state index < -0.39 is 0 Å². The number of nitrogens with zero attached hydrogens (tertiary/aromatic N) is 6. The van der Waals surface area contributed by atoms with Crippen molar-refractivity contribution < 1.29 is 13.9 Å². The fraction of sp³-hybridized carbons (Fsp3) is 0.500. The topological polar surface area (TPSA) is 66.9 Å². The van der Waals surface area contributed by atoms with Crippen LogP contribution in [-0.2, 0) is 4.74 Å². The number of benzene rings is 1. The highest BCUT2D eigenvalue weighted by Crippen LogP contribution is 2.22. The van der Waals surface area contributed by atoms with E-state index >= 15 is 0 Å². The van der Waals surface area contributed by atoms with Crippen LogP contribution in [0, 0.1) is 5.82 Å². The molecule has 0 aliphatic carbocycles. The van der Waals surface area contributed by atoms with Gasteiger partial charge in [-0.05, 0) is 24.3 Å². The second-order valence-electron chi connectivity index (χ2n) is 6.47. The molecule has 0 unspecified atom stereocenters. The SMILES string of the molecule is COc1nc(N2CCOCC2)nc(N2CCN(c3ccc(F)cc3)CC2)n1. The highest BCUT2D eigenvalue weighted by atomic mass is 19.1. The Morgan fingerprint density at radius 1 is 0.815 bits per heavy atom. The van der Waals surface area contributed by atoms with E-state index in [0.29, 0.717) is 31.1 Å². The lowest BCUT2D eigenvalue weighted by Gasteiger charge is -2.36. The minimum atomic E-state index is -0.217. The fourth-order valence-electron chi connectivity index (χ4n) is 3.29. The molecule has 0 bridgehead atoms. The van der Waals surface area contributed by atoms with Gasteiger partial charge in [-0.2, -0.15) is 15.0 Å². The lowest BCUT2D eigenvalue weighted by atomic mass is 10.2. The van der Waals surface area contributed by atoms with Crippen LogP contribution >= 0.6 is 0 Å². The number of aromatic nitrogens is 3. The molecule has 0 N–H and O–H groups in total. The van der Waals surface area contributed by atoms with E-state index in [-0.39, 0.29) is 5.82 Å². The van der Waals surface area contributed by atoms with Crippen molar-refractivity contribution in [3.05, 3.63) is 30.1 Å². The third-order valence-corrected chi connectivity index (χ3v) is 4.82. The summed E-state index contributed by atoms with van der Waals surface area (Å²) in [6.45, 7) is 6.01. The second-order valence-corrected chi connectivity index (χ2v) is 6.47. The summed E-state index contributed by atoms with van der Waals surface area (Å²) in [6.07, 6.45) is 0. The van der Waals surface area contributed by atoms with Crippen molar-refractivity contribution in [3.63, 3.8) is 0 Å².